The lowest BCUT2D eigenvalue weighted by atomic mass is 10.1. The van der Waals surface area contributed by atoms with Gasteiger partial charge in [0, 0.05) is 6.54 Å². The molecule has 2 nitrogen and oxygen atoms in total. The van der Waals surface area contributed by atoms with Crippen molar-refractivity contribution >= 4 is 5.91 Å². The maximum Gasteiger partial charge on any atom is 0.390 e. The fourth-order valence-electron chi connectivity index (χ4n) is 1.24. The number of carbonyl (C=O) groups excluding carboxylic acids is 1. The third-order valence-electron chi connectivity index (χ3n) is 2.13. The lowest BCUT2D eigenvalue weighted by Crippen LogP contribution is -2.28. The maximum atomic E-state index is 13.4. The lowest BCUT2D eigenvalue weighted by molar-refractivity contribution is -0.132. The number of benzene rings is 1. The van der Waals surface area contributed by atoms with Crippen LogP contribution in [0.2, 0.25) is 0 Å². The van der Waals surface area contributed by atoms with E-state index in [4.69, 9.17) is 0 Å². The number of nitrogens with one attached hydrogen (secondary N) is 1. The highest BCUT2D eigenvalue weighted by Gasteiger charge is 2.26. The average molecular weight is 249 g/mol. The Kier molecular flexibility index (Phi) is 4.09. The highest BCUT2D eigenvalue weighted by Crippen LogP contribution is 2.18. The van der Waals surface area contributed by atoms with E-state index in [1.807, 2.05) is 5.32 Å². The summed E-state index contributed by atoms with van der Waals surface area (Å²) in [5, 5.41) is 2.02. The molecule has 6 heteroatoms. The Morgan fingerprint density at radius 2 is 2.00 bits per heavy atom. The van der Waals surface area contributed by atoms with E-state index in [1.54, 1.807) is 0 Å². The second-order valence-electron chi connectivity index (χ2n) is 3.56. The number of hydrogen-bond donors (Lipinski definition) is 1. The molecule has 0 aliphatic carbocycles. The van der Waals surface area contributed by atoms with Crippen LogP contribution in [-0.4, -0.2) is 18.6 Å². The van der Waals surface area contributed by atoms with E-state index in [9.17, 15) is 22.4 Å². The Bertz CT molecular complexity index is 414. The van der Waals surface area contributed by atoms with Gasteiger partial charge in [0.15, 0.2) is 0 Å². The molecule has 0 aromatic heterocycles. The molecule has 0 bridgehead atoms. The minimum absolute atomic E-state index is 0.243. The summed E-state index contributed by atoms with van der Waals surface area (Å²) in [7, 11) is 0. The Labute approximate surface area is 95.6 Å². The lowest BCUT2D eigenvalue weighted by Gasteiger charge is -2.09. The second kappa shape index (κ2) is 5.16. The van der Waals surface area contributed by atoms with Crippen molar-refractivity contribution in [1.82, 2.24) is 5.32 Å². The molecule has 94 valence electrons. The first-order valence-corrected chi connectivity index (χ1v) is 4.91. The smallest absolute Gasteiger partial charge is 0.352 e. The molecule has 1 amide bonds. The average Bonchev–Trinajstić information content (AvgIpc) is 2.20. The van der Waals surface area contributed by atoms with Crippen LogP contribution in [0.3, 0.4) is 0 Å². The zero-order chi connectivity index (χ0) is 13.1. The molecule has 1 aromatic rings. The summed E-state index contributed by atoms with van der Waals surface area (Å²) in [5.74, 6) is -1.55. The maximum absolute atomic E-state index is 13.4. The molecule has 1 N–H and O–H groups in total. The van der Waals surface area contributed by atoms with Crippen molar-refractivity contribution in [2.75, 3.05) is 6.54 Å². The highest BCUT2D eigenvalue weighted by atomic mass is 19.4. The van der Waals surface area contributed by atoms with Gasteiger partial charge in [-0.3, -0.25) is 4.79 Å². The molecule has 0 saturated carbocycles. The molecule has 1 aromatic carbocycles. The summed E-state index contributed by atoms with van der Waals surface area (Å²) < 4.78 is 48.9. The van der Waals surface area contributed by atoms with Gasteiger partial charge in [-0.05, 0) is 18.6 Å². The third-order valence-corrected chi connectivity index (χ3v) is 2.13. The first kappa shape index (κ1) is 13.5. The number of rotatable bonds is 3. The first-order chi connectivity index (χ1) is 7.81. The summed E-state index contributed by atoms with van der Waals surface area (Å²) in [4.78, 5) is 11.4. The Hall–Kier alpha value is -1.59. The van der Waals surface area contributed by atoms with E-state index in [1.165, 1.54) is 25.1 Å². The van der Waals surface area contributed by atoms with Gasteiger partial charge in [0.2, 0.25) is 0 Å². The largest absolute Gasteiger partial charge is 0.390 e. The normalized spacial score (nSPS) is 11.4. The van der Waals surface area contributed by atoms with Gasteiger partial charge in [-0.15, -0.1) is 0 Å². The number of hydrogen-bond acceptors (Lipinski definition) is 1. The van der Waals surface area contributed by atoms with Crippen LogP contribution >= 0.6 is 0 Å². The minimum Gasteiger partial charge on any atom is -0.352 e. The van der Waals surface area contributed by atoms with Crippen LogP contribution in [0.15, 0.2) is 18.2 Å². The molecule has 0 heterocycles. The SMILES string of the molecule is Cc1cccc(C(=O)NCCC(F)(F)F)c1F. The molecule has 0 unspecified atom stereocenters. The predicted molar refractivity (Wildman–Crippen MR) is 54.1 cm³/mol. The van der Waals surface area contributed by atoms with Gasteiger partial charge in [0.25, 0.3) is 5.91 Å². The summed E-state index contributed by atoms with van der Waals surface area (Å²) in [5.41, 5.74) is 0.0284. The number of amides is 1. The van der Waals surface area contributed by atoms with Crippen LogP contribution < -0.4 is 5.32 Å². The van der Waals surface area contributed by atoms with Crippen LogP contribution in [0.1, 0.15) is 22.3 Å². The molecular formula is C11H11F4NO. The summed E-state index contributed by atoms with van der Waals surface area (Å²) >= 11 is 0. The van der Waals surface area contributed by atoms with Crippen molar-refractivity contribution in [1.29, 1.82) is 0 Å². The van der Waals surface area contributed by atoms with E-state index in [0.717, 1.165) is 0 Å². The second-order valence-corrected chi connectivity index (χ2v) is 3.56. The van der Waals surface area contributed by atoms with Crippen molar-refractivity contribution in [3.63, 3.8) is 0 Å². The zero-order valence-corrected chi connectivity index (χ0v) is 9.07. The van der Waals surface area contributed by atoms with Gasteiger partial charge in [0.05, 0.1) is 12.0 Å². The molecule has 0 spiro atoms. The van der Waals surface area contributed by atoms with Crippen LogP contribution in [0, 0.1) is 12.7 Å². The van der Waals surface area contributed by atoms with Gasteiger partial charge in [-0.1, -0.05) is 12.1 Å². The van der Waals surface area contributed by atoms with Crippen molar-refractivity contribution in [2.24, 2.45) is 0 Å². The topological polar surface area (TPSA) is 29.1 Å². The van der Waals surface area contributed by atoms with E-state index in [0.29, 0.717) is 0 Å². The van der Waals surface area contributed by atoms with Crippen molar-refractivity contribution in [3.8, 4) is 0 Å². The van der Waals surface area contributed by atoms with Gasteiger partial charge < -0.3 is 5.32 Å². The molecule has 0 saturated heterocycles. The Morgan fingerprint density at radius 1 is 1.35 bits per heavy atom. The number of carbonyl (C=O) groups is 1. The van der Waals surface area contributed by atoms with Crippen LogP contribution in [-0.2, 0) is 0 Å². The van der Waals surface area contributed by atoms with Crippen molar-refractivity contribution in [3.05, 3.63) is 35.1 Å². The number of alkyl halides is 3. The quantitative estimate of drug-likeness (QED) is 0.820. The fraction of sp³-hybridized carbons (Fsp3) is 0.364. The minimum atomic E-state index is -4.33. The van der Waals surface area contributed by atoms with Crippen LogP contribution in [0.5, 0.6) is 0 Å². The monoisotopic (exact) mass is 249 g/mol. The third kappa shape index (κ3) is 4.05. The molecule has 0 aliphatic heterocycles. The number of halogens is 4. The fourth-order valence-corrected chi connectivity index (χ4v) is 1.24. The van der Waals surface area contributed by atoms with Crippen LogP contribution in [0.4, 0.5) is 17.6 Å². The summed E-state index contributed by atoms with van der Waals surface area (Å²) in [6, 6.07) is 4.17. The molecule has 0 atom stereocenters. The van der Waals surface area contributed by atoms with E-state index >= 15 is 0 Å². The Balaban J connectivity index is 2.62. The van der Waals surface area contributed by atoms with E-state index in [2.05, 4.69) is 0 Å². The van der Waals surface area contributed by atoms with Gasteiger partial charge in [0.1, 0.15) is 5.82 Å². The molecular weight excluding hydrogens is 238 g/mol. The van der Waals surface area contributed by atoms with Gasteiger partial charge >= 0.3 is 6.18 Å². The van der Waals surface area contributed by atoms with E-state index < -0.39 is 30.9 Å². The van der Waals surface area contributed by atoms with Gasteiger partial charge in [-0.25, -0.2) is 4.39 Å². The van der Waals surface area contributed by atoms with Gasteiger partial charge in [-0.2, -0.15) is 13.2 Å². The molecule has 0 fully saturated rings. The highest BCUT2D eigenvalue weighted by molar-refractivity contribution is 5.94. The van der Waals surface area contributed by atoms with Crippen molar-refractivity contribution < 1.29 is 22.4 Å². The van der Waals surface area contributed by atoms with Crippen molar-refractivity contribution in [2.45, 2.75) is 19.5 Å². The standard InChI is InChI=1S/C11H11F4NO/c1-7-3-2-4-8(9(7)12)10(17)16-6-5-11(13,14)15/h2-4H,5-6H2,1H3,(H,16,17). The first-order valence-electron chi connectivity index (χ1n) is 4.91. The summed E-state index contributed by atoms with van der Waals surface area (Å²) in [6.45, 7) is 0.914. The zero-order valence-electron chi connectivity index (χ0n) is 9.07. The molecule has 0 radical (unpaired) electrons. The molecule has 0 aliphatic rings. The predicted octanol–water partition coefficient (Wildman–Crippen LogP) is 2.82. The number of aryl methyl sites for hydroxylation is 1. The van der Waals surface area contributed by atoms with Crippen LogP contribution in [0.25, 0.3) is 0 Å². The molecule has 17 heavy (non-hydrogen) atoms. The van der Waals surface area contributed by atoms with E-state index in [-0.39, 0.29) is 11.1 Å². The Morgan fingerprint density at radius 3 is 2.59 bits per heavy atom. The molecule has 1 rings (SSSR count). The summed E-state index contributed by atoms with van der Waals surface area (Å²) in [6.07, 6.45) is -5.47.